The van der Waals surface area contributed by atoms with Gasteiger partial charge < -0.3 is 9.42 Å². The van der Waals surface area contributed by atoms with E-state index in [0.29, 0.717) is 17.5 Å². The molecule has 0 aliphatic carbocycles. The molecule has 1 aliphatic heterocycles. The van der Waals surface area contributed by atoms with Gasteiger partial charge in [0.25, 0.3) is 0 Å². The van der Waals surface area contributed by atoms with Crippen molar-refractivity contribution in [2.45, 2.75) is 23.8 Å². The van der Waals surface area contributed by atoms with Crippen LogP contribution >= 0.6 is 27.7 Å². The van der Waals surface area contributed by atoms with E-state index in [0.717, 1.165) is 34.3 Å². The number of hydrogen-bond acceptors (Lipinski definition) is 5. The molecule has 0 spiro atoms. The molecule has 1 amide bonds. The van der Waals surface area contributed by atoms with Gasteiger partial charge in [0.05, 0.1) is 5.75 Å². The SMILES string of the molecule is O=C(CSc1ccccc1)N1CCCC1c1nc(-c2ccc(Br)cc2)no1. The van der Waals surface area contributed by atoms with Gasteiger partial charge in [-0.2, -0.15) is 4.98 Å². The van der Waals surface area contributed by atoms with Crippen LogP contribution in [0.3, 0.4) is 0 Å². The number of benzene rings is 2. The zero-order valence-electron chi connectivity index (χ0n) is 14.5. The van der Waals surface area contributed by atoms with Gasteiger partial charge in [-0.05, 0) is 49.2 Å². The van der Waals surface area contributed by atoms with E-state index >= 15 is 0 Å². The van der Waals surface area contributed by atoms with Gasteiger partial charge in [-0.15, -0.1) is 11.8 Å². The number of carbonyl (C=O) groups excluding carboxylic acids is 1. The van der Waals surface area contributed by atoms with Crippen LogP contribution in [0.15, 0.2) is 68.5 Å². The Labute approximate surface area is 170 Å². The minimum atomic E-state index is -0.134. The molecule has 1 fully saturated rings. The first-order valence-corrected chi connectivity index (χ1v) is 10.6. The van der Waals surface area contributed by atoms with Crippen molar-refractivity contribution < 1.29 is 9.32 Å². The highest BCUT2D eigenvalue weighted by atomic mass is 79.9. The van der Waals surface area contributed by atoms with Crippen LogP contribution < -0.4 is 0 Å². The average molecular weight is 444 g/mol. The fourth-order valence-electron chi connectivity index (χ4n) is 3.15. The molecule has 5 nitrogen and oxygen atoms in total. The van der Waals surface area contributed by atoms with E-state index in [4.69, 9.17) is 4.52 Å². The summed E-state index contributed by atoms with van der Waals surface area (Å²) in [5.41, 5.74) is 0.892. The molecule has 1 aromatic heterocycles. The number of likely N-dealkylation sites (tertiary alicyclic amines) is 1. The topological polar surface area (TPSA) is 59.2 Å². The van der Waals surface area contributed by atoms with E-state index in [1.807, 2.05) is 59.5 Å². The molecular formula is C20H18BrN3O2S. The summed E-state index contributed by atoms with van der Waals surface area (Å²) in [5.74, 6) is 1.59. The minimum Gasteiger partial charge on any atom is -0.337 e. The maximum absolute atomic E-state index is 12.7. The van der Waals surface area contributed by atoms with Crippen molar-refractivity contribution in [3.05, 3.63) is 65.0 Å². The van der Waals surface area contributed by atoms with Crippen LogP contribution in [0.2, 0.25) is 0 Å². The predicted molar refractivity (Wildman–Crippen MR) is 108 cm³/mol. The van der Waals surface area contributed by atoms with E-state index in [9.17, 15) is 4.79 Å². The highest BCUT2D eigenvalue weighted by Gasteiger charge is 2.34. The van der Waals surface area contributed by atoms with Gasteiger partial charge in [0.1, 0.15) is 6.04 Å². The van der Waals surface area contributed by atoms with Crippen molar-refractivity contribution in [3.63, 3.8) is 0 Å². The molecule has 1 aliphatic rings. The number of aromatic nitrogens is 2. The number of amides is 1. The van der Waals surface area contributed by atoms with Crippen molar-refractivity contribution >= 4 is 33.6 Å². The fourth-order valence-corrected chi connectivity index (χ4v) is 4.22. The first-order valence-electron chi connectivity index (χ1n) is 8.77. The standard InChI is InChI=1S/C20H18BrN3O2S/c21-15-10-8-14(9-11-15)19-22-20(26-23-19)17-7-4-12-24(17)18(25)13-27-16-5-2-1-3-6-16/h1-3,5-6,8-11,17H,4,7,12-13H2. The van der Waals surface area contributed by atoms with Crippen LogP contribution in [0.5, 0.6) is 0 Å². The predicted octanol–water partition coefficient (Wildman–Crippen LogP) is 4.95. The molecule has 0 radical (unpaired) electrons. The van der Waals surface area contributed by atoms with E-state index in [-0.39, 0.29) is 11.9 Å². The molecule has 0 N–H and O–H groups in total. The van der Waals surface area contributed by atoms with Gasteiger partial charge in [-0.3, -0.25) is 4.79 Å². The van der Waals surface area contributed by atoms with Crippen LogP contribution in [-0.4, -0.2) is 33.2 Å². The highest BCUT2D eigenvalue weighted by molar-refractivity contribution is 9.10. The number of halogens is 1. The van der Waals surface area contributed by atoms with E-state index in [1.54, 1.807) is 11.8 Å². The molecule has 27 heavy (non-hydrogen) atoms. The Morgan fingerprint density at radius 2 is 1.96 bits per heavy atom. The second kappa shape index (κ2) is 8.27. The largest absolute Gasteiger partial charge is 0.337 e. The lowest BCUT2D eigenvalue weighted by Gasteiger charge is -2.21. The van der Waals surface area contributed by atoms with Crippen molar-refractivity contribution in [1.29, 1.82) is 0 Å². The van der Waals surface area contributed by atoms with Crippen LogP contribution in [0.4, 0.5) is 0 Å². The van der Waals surface area contributed by atoms with Crippen molar-refractivity contribution in [2.24, 2.45) is 0 Å². The molecule has 0 saturated carbocycles. The maximum Gasteiger partial charge on any atom is 0.249 e. The molecule has 1 unspecified atom stereocenters. The Hall–Kier alpha value is -2.12. The minimum absolute atomic E-state index is 0.106. The monoisotopic (exact) mass is 443 g/mol. The zero-order valence-corrected chi connectivity index (χ0v) is 16.9. The lowest BCUT2D eigenvalue weighted by atomic mass is 10.2. The van der Waals surface area contributed by atoms with Crippen LogP contribution in [0, 0.1) is 0 Å². The molecule has 4 rings (SSSR count). The van der Waals surface area contributed by atoms with E-state index < -0.39 is 0 Å². The van der Waals surface area contributed by atoms with Gasteiger partial charge in [-0.25, -0.2) is 0 Å². The quantitative estimate of drug-likeness (QED) is 0.521. The second-order valence-electron chi connectivity index (χ2n) is 6.31. The van der Waals surface area contributed by atoms with Crippen LogP contribution in [-0.2, 0) is 4.79 Å². The molecule has 2 heterocycles. The third kappa shape index (κ3) is 4.25. The second-order valence-corrected chi connectivity index (χ2v) is 8.27. The molecular weight excluding hydrogens is 426 g/mol. The molecule has 0 bridgehead atoms. The Bertz CT molecular complexity index is 914. The Balaban J connectivity index is 1.45. The summed E-state index contributed by atoms with van der Waals surface area (Å²) in [6.45, 7) is 0.731. The number of rotatable bonds is 5. The number of hydrogen-bond donors (Lipinski definition) is 0. The zero-order chi connectivity index (χ0) is 18.6. The summed E-state index contributed by atoms with van der Waals surface area (Å²) >= 11 is 4.98. The lowest BCUT2D eigenvalue weighted by molar-refractivity contribution is -0.129. The van der Waals surface area contributed by atoms with Gasteiger partial charge in [-0.1, -0.05) is 39.3 Å². The summed E-state index contributed by atoms with van der Waals surface area (Å²) < 4.78 is 6.50. The Morgan fingerprint density at radius 3 is 2.74 bits per heavy atom. The van der Waals surface area contributed by atoms with Crippen LogP contribution in [0.1, 0.15) is 24.8 Å². The smallest absolute Gasteiger partial charge is 0.249 e. The summed E-state index contributed by atoms with van der Waals surface area (Å²) in [6, 6.07) is 17.6. The number of carbonyl (C=O) groups is 1. The summed E-state index contributed by atoms with van der Waals surface area (Å²) in [5, 5.41) is 4.10. The fraction of sp³-hybridized carbons (Fsp3) is 0.250. The number of nitrogens with zero attached hydrogens (tertiary/aromatic N) is 3. The van der Waals surface area contributed by atoms with Gasteiger partial charge >= 0.3 is 0 Å². The van der Waals surface area contributed by atoms with Gasteiger partial charge in [0, 0.05) is 21.5 Å². The first kappa shape index (κ1) is 18.3. The number of thioether (sulfide) groups is 1. The van der Waals surface area contributed by atoms with Crippen LogP contribution in [0.25, 0.3) is 11.4 Å². The molecule has 3 aromatic rings. The van der Waals surface area contributed by atoms with E-state index in [1.165, 1.54) is 0 Å². The average Bonchev–Trinajstić information content (AvgIpc) is 3.37. The molecule has 1 saturated heterocycles. The Kier molecular flexibility index (Phi) is 5.59. The highest BCUT2D eigenvalue weighted by Crippen LogP contribution is 2.33. The Morgan fingerprint density at radius 1 is 1.19 bits per heavy atom. The lowest BCUT2D eigenvalue weighted by Crippen LogP contribution is -2.32. The summed E-state index contributed by atoms with van der Waals surface area (Å²) in [7, 11) is 0. The van der Waals surface area contributed by atoms with Crippen molar-refractivity contribution in [1.82, 2.24) is 15.0 Å². The molecule has 7 heteroatoms. The molecule has 2 aromatic carbocycles. The van der Waals surface area contributed by atoms with Gasteiger partial charge in [0.2, 0.25) is 17.6 Å². The summed E-state index contributed by atoms with van der Waals surface area (Å²) in [6.07, 6.45) is 1.80. The normalized spacial score (nSPS) is 16.6. The summed E-state index contributed by atoms with van der Waals surface area (Å²) in [4.78, 5) is 20.2. The van der Waals surface area contributed by atoms with Crippen molar-refractivity contribution in [3.8, 4) is 11.4 Å². The molecule has 138 valence electrons. The van der Waals surface area contributed by atoms with E-state index in [2.05, 4.69) is 26.1 Å². The van der Waals surface area contributed by atoms with Gasteiger partial charge in [0.15, 0.2) is 0 Å². The third-order valence-corrected chi connectivity index (χ3v) is 6.03. The molecule has 1 atom stereocenters. The first-order chi connectivity index (χ1) is 13.2. The third-order valence-electron chi connectivity index (χ3n) is 4.51. The van der Waals surface area contributed by atoms with Crippen molar-refractivity contribution in [2.75, 3.05) is 12.3 Å². The maximum atomic E-state index is 12.7.